The van der Waals surface area contributed by atoms with E-state index < -0.39 is 12.0 Å². The van der Waals surface area contributed by atoms with Gasteiger partial charge < -0.3 is 16.2 Å². The van der Waals surface area contributed by atoms with Gasteiger partial charge in [-0.25, -0.2) is 9.59 Å². The molecule has 1 heterocycles. The largest absolute Gasteiger partial charge is 0.478 e. The fourth-order valence-corrected chi connectivity index (χ4v) is 1.75. The number of hydrogen-bond donors (Lipinski definition) is 3. The van der Waals surface area contributed by atoms with Gasteiger partial charge in [-0.3, -0.25) is 4.68 Å². The second kappa shape index (κ2) is 4.81. The highest BCUT2D eigenvalue weighted by molar-refractivity contribution is 5.98. The predicted molar refractivity (Wildman–Crippen MR) is 68.8 cm³/mol. The third kappa shape index (κ3) is 2.71. The Balaban J connectivity index is 2.53. The number of nitrogens with zero attached hydrogens (tertiary/aromatic N) is 2. The van der Waals surface area contributed by atoms with Crippen LogP contribution in [0.15, 0.2) is 30.6 Å². The average Bonchev–Trinajstić information content (AvgIpc) is 2.74. The predicted octanol–water partition coefficient (Wildman–Crippen LogP) is 1.28. The summed E-state index contributed by atoms with van der Waals surface area (Å²) in [5.74, 6) is -1.05. The average molecular weight is 260 g/mol. The van der Waals surface area contributed by atoms with Crippen LogP contribution in [0.3, 0.4) is 0 Å². The maximum atomic E-state index is 11.2. The number of carboxylic acid groups (broad SMARTS) is 1. The summed E-state index contributed by atoms with van der Waals surface area (Å²) in [4.78, 5) is 22.0. The van der Waals surface area contributed by atoms with Crippen molar-refractivity contribution in [1.29, 1.82) is 0 Å². The Bertz CT molecular complexity index is 648. The first-order valence-corrected chi connectivity index (χ1v) is 5.40. The van der Waals surface area contributed by atoms with E-state index in [1.165, 1.54) is 12.1 Å². The number of anilines is 1. The molecule has 1 aromatic carbocycles. The van der Waals surface area contributed by atoms with Gasteiger partial charge in [0.15, 0.2) is 0 Å². The first kappa shape index (κ1) is 12.6. The van der Waals surface area contributed by atoms with Crippen molar-refractivity contribution >= 4 is 17.7 Å². The molecule has 0 aliphatic rings. The minimum absolute atomic E-state index is 0.128. The van der Waals surface area contributed by atoms with Gasteiger partial charge in [-0.05, 0) is 18.2 Å². The van der Waals surface area contributed by atoms with E-state index in [-0.39, 0.29) is 5.56 Å². The molecule has 0 radical (unpaired) electrons. The van der Waals surface area contributed by atoms with Crippen LogP contribution in [0.5, 0.6) is 0 Å². The third-order valence-corrected chi connectivity index (χ3v) is 2.53. The molecule has 0 unspecified atom stereocenters. The van der Waals surface area contributed by atoms with Crippen molar-refractivity contribution in [3.8, 4) is 11.1 Å². The minimum Gasteiger partial charge on any atom is -0.478 e. The number of carboxylic acids is 1. The van der Waals surface area contributed by atoms with Gasteiger partial charge >= 0.3 is 12.0 Å². The molecule has 0 saturated carbocycles. The van der Waals surface area contributed by atoms with Gasteiger partial charge in [0.25, 0.3) is 0 Å². The number of aromatic carboxylic acids is 1. The SMILES string of the molecule is Cn1cc(-c2cc(NC(N)=O)ccc2C(=O)O)cn1. The monoisotopic (exact) mass is 260 g/mol. The molecular weight excluding hydrogens is 248 g/mol. The van der Waals surface area contributed by atoms with Gasteiger partial charge in [-0.1, -0.05) is 0 Å². The van der Waals surface area contributed by atoms with Crippen LogP contribution in [-0.2, 0) is 7.05 Å². The number of aromatic nitrogens is 2. The molecule has 1 aromatic heterocycles. The number of nitrogens with two attached hydrogens (primary N) is 1. The van der Waals surface area contributed by atoms with E-state index in [0.29, 0.717) is 16.8 Å². The summed E-state index contributed by atoms with van der Waals surface area (Å²) in [5.41, 5.74) is 6.70. The van der Waals surface area contributed by atoms with Gasteiger partial charge in [0.05, 0.1) is 11.8 Å². The summed E-state index contributed by atoms with van der Waals surface area (Å²) in [7, 11) is 1.73. The molecular formula is C12H12N4O3. The van der Waals surface area contributed by atoms with E-state index in [1.807, 2.05) is 0 Å². The van der Waals surface area contributed by atoms with Gasteiger partial charge in [0.1, 0.15) is 0 Å². The highest BCUT2D eigenvalue weighted by Gasteiger charge is 2.14. The minimum atomic E-state index is -1.05. The molecule has 0 atom stereocenters. The Labute approximate surface area is 108 Å². The molecule has 0 bridgehead atoms. The van der Waals surface area contributed by atoms with Crippen LogP contribution < -0.4 is 11.1 Å². The van der Waals surface area contributed by atoms with Crippen molar-refractivity contribution in [2.75, 3.05) is 5.32 Å². The van der Waals surface area contributed by atoms with Crippen molar-refractivity contribution in [2.45, 2.75) is 0 Å². The van der Waals surface area contributed by atoms with E-state index in [2.05, 4.69) is 10.4 Å². The maximum absolute atomic E-state index is 11.2. The van der Waals surface area contributed by atoms with E-state index in [9.17, 15) is 9.59 Å². The van der Waals surface area contributed by atoms with Crippen LogP contribution in [0.2, 0.25) is 0 Å². The molecule has 19 heavy (non-hydrogen) atoms. The number of carbonyl (C=O) groups is 2. The lowest BCUT2D eigenvalue weighted by Crippen LogP contribution is -2.19. The molecule has 4 N–H and O–H groups in total. The molecule has 2 rings (SSSR count). The van der Waals surface area contributed by atoms with Crippen LogP contribution in [-0.4, -0.2) is 26.9 Å². The van der Waals surface area contributed by atoms with Crippen LogP contribution in [0.4, 0.5) is 10.5 Å². The summed E-state index contributed by atoms with van der Waals surface area (Å²) >= 11 is 0. The summed E-state index contributed by atoms with van der Waals surface area (Å²) in [5, 5.41) is 15.6. The van der Waals surface area contributed by atoms with E-state index in [1.54, 1.807) is 30.2 Å². The van der Waals surface area contributed by atoms with E-state index >= 15 is 0 Å². The van der Waals surface area contributed by atoms with Gasteiger partial charge in [-0.2, -0.15) is 5.10 Å². The molecule has 0 saturated heterocycles. The Morgan fingerprint density at radius 2 is 2.16 bits per heavy atom. The summed E-state index contributed by atoms with van der Waals surface area (Å²) < 4.78 is 1.56. The second-order valence-corrected chi connectivity index (χ2v) is 3.96. The van der Waals surface area contributed by atoms with E-state index in [4.69, 9.17) is 10.8 Å². The van der Waals surface area contributed by atoms with Crippen molar-refractivity contribution in [3.05, 3.63) is 36.2 Å². The van der Waals surface area contributed by atoms with E-state index in [0.717, 1.165) is 0 Å². The molecule has 0 spiro atoms. The van der Waals surface area contributed by atoms with Crippen LogP contribution in [0.1, 0.15) is 10.4 Å². The van der Waals surface area contributed by atoms with Gasteiger partial charge in [0, 0.05) is 30.1 Å². The Morgan fingerprint density at radius 3 is 2.68 bits per heavy atom. The summed E-state index contributed by atoms with van der Waals surface area (Å²) in [6.45, 7) is 0. The second-order valence-electron chi connectivity index (χ2n) is 3.96. The number of aryl methyl sites for hydroxylation is 1. The topological polar surface area (TPSA) is 110 Å². The zero-order valence-corrected chi connectivity index (χ0v) is 10.1. The number of amides is 2. The fraction of sp³-hybridized carbons (Fsp3) is 0.0833. The molecule has 7 heteroatoms. The molecule has 0 aliphatic heterocycles. The molecule has 0 aliphatic carbocycles. The van der Waals surface area contributed by atoms with Crippen molar-refractivity contribution < 1.29 is 14.7 Å². The molecule has 2 aromatic rings. The summed E-state index contributed by atoms with van der Waals surface area (Å²) in [6, 6.07) is 3.73. The number of hydrogen-bond acceptors (Lipinski definition) is 3. The standard InChI is InChI=1S/C12H12N4O3/c1-16-6-7(5-14-16)10-4-8(15-12(13)19)2-3-9(10)11(17)18/h2-6H,1H3,(H,17,18)(H3,13,15,19). The normalized spacial score (nSPS) is 10.2. The van der Waals surface area contributed by atoms with Gasteiger partial charge in [-0.15, -0.1) is 0 Å². The van der Waals surface area contributed by atoms with Crippen molar-refractivity contribution in [2.24, 2.45) is 12.8 Å². The lowest BCUT2D eigenvalue weighted by molar-refractivity contribution is 0.0697. The number of benzene rings is 1. The smallest absolute Gasteiger partial charge is 0.336 e. The number of nitrogens with one attached hydrogen (secondary N) is 1. The lowest BCUT2D eigenvalue weighted by Gasteiger charge is -2.07. The molecule has 98 valence electrons. The first-order chi connectivity index (χ1) is 8.97. The molecule has 0 fully saturated rings. The van der Waals surface area contributed by atoms with Gasteiger partial charge in [0.2, 0.25) is 0 Å². The fourth-order valence-electron chi connectivity index (χ4n) is 1.75. The van der Waals surface area contributed by atoms with Crippen LogP contribution >= 0.6 is 0 Å². The third-order valence-electron chi connectivity index (χ3n) is 2.53. The quantitative estimate of drug-likeness (QED) is 0.771. The zero-order chi connectivity index (χ0) is 14.0. The Morgan fingerprint density at radius 1 is 1.42 bits per heavy atom. The maximum Gasteiger partial charge on any atom is 0.336 e. The number of rotatable bonds is 3. The molecule has 7 nitrogen and oxygen atoms in total. The lowest BCUT2D eigenvalue weighted by atomic mass is 10.0. The first-order valence-electron chi connectivity index (χ1n) is 5.40. The number of carbonyl (C=O) groups excluding carboxylic acids is 1. The van der Waals surface area contributed by atoms with Crippen molar-refractivity contribution in [3.63, 3.8) is 0 Å². The Kier molecular flexibility index (Phi) is 3.19. The van der Waals surface area contributed by atoms with Crippen LogP contribution in [0.25, 0.3) is 11.1 Å². The highest BCUT2D eigenvalue weighted by atomic mass is 16.4. The Hall–Kier alpha value is -2.83. The highest BCUT2D eigenvalue weighted by Crippen LogP contribution is 2.26. The summed E-state index contributed by atoms with van der Waals surface area (Å²) in [6.07, 6.45) is 3.24. The number of primary amides is 1. The zero-order valence-electron chi connectivity index (χ0n) is 10.1. The van der Waals surface area contributed by atoms with Crippen LogP contribution in [0, 0.1) is 0 Å². The van der Waals surface area contributed by atoms with Crippen molar-refractivity contribution in [1.82, 2.24) is 9.78 Å². The number of urea groups is 1. The molecule has 2 amide bonds.